The van der Waals surface area contributed by atoms with Gasteiger partial charge in [0.05, 0.1) is 25.9 Å². The topological polar surface area (TPSA) is 78.1 Å². The molecule has 0 aliphatic carbocycles. The van der Waals surface area contributed by atoms with E-state index in [1.54, 1.807) is 0 Å². The quantitative estimate of drug-likeness (QED) is 0.517. The lowest BCUT2D eigenvalue weighted by Crippen LogP contribution is -2.22. The van der Waals surface area contributed by atoms with Gasteiger partial charge in [-0.2, -0.15) is 0 Å². The summed E-state index contributed by atoms with van der Waals surface area (Å²) in [4.78, 5) is 4.48. The maximum Gasteiger partial charge on any atom is 0.193 e. The molecule has 1 heterocycles. The molecule has 1 saturated heterocycles. The Hall–Kier alpha value is -2.73. The molecule has 2 aromatic rings. The number of hydrogen-bond acceptors (Lipinski definition) is 4. The van der Waals surface area contributed by atoms with Gasteiger partial charge in [0.15, 0.2) is 5.96 Å². The summed E-state index contributed by atoms with van der Waals surface area (Å²) in [5, 5.41) is 3.12. The van der Waals surface area contributed by atoms with Gasteiger partial charge in [-0.05, 0) is 63.1 Å². The van der Waals surface area contributed by atoms with Gasteiger partial charge in [0.2, 0.25) is 0 Å². The van der Waals surface area contributed by atoms with Crippen molar-refractivity contribution in [1.29, 1.82) is 0 Å². The molecule has 0 bridgehead atoms. The van der Waals surface area contributed by atoms with Gasteiger partial charge in [0.1, 0.15) is 11.5 Å². The molecule has 6 heteroatoms. The van der Waals surface area contributed by atoms with Crippen LogP contribution < -0.4 is 20.5 Å². The number of hydrogen-bond donors (Lipinski definition) is 2. The van der Waals surface area contributed by atoms with E-state index in [1.807, 2.05) is 44.2 Å². The summed E-state index contributed by atoms with van der Waals surface area (Å²) >= 11 is 0. The average Bonchev–Trinajstić information content (AvgIpc) is 3.20. The highest BCUT2D eigenvalue weighted by molar-refractivity contribution is 5.92. The zero-order valence-electron chi connectivity index (χ0n) is 17.5. The van der Waals surface area contributed by atoms with Crippen molar-refractivity contribution in [2.45, 2.75) is 39.8 Å². The lowest BCUT2D eigenvalue weighted by molar-refractivity contribution is 0.166. The maximum atomic E-state index is 6.08. The summed E-state index contributed by atoms with van der Waals surface area (Å²) in [5.74, 6) is 2.51. The number of aliphatic imine (C=N–C) groups is 1. The first kappa shape index (κ1) is 21.0. The molecule has 1 atom stereocenters. The van der Waals surface area contributed by atoms with E-state index in [0.29, 0.717) is 25.0 Å². The Morgan fingerprint density at radius 1 is 1.24 bits per heavy atom. The third-order valence-electron chi connectivity index (χ3n) is 4.64. The molecule has 29 heavy (non-hydrogen) atoms. The van der Waals surface area contributed by atoms with Crippen LogP contribution in [0.2, 0.25) is 0 Å². The van der Waals surface area contributed by atoms with Gasteiger partial charge in [-0.1, -0.05) is 12.1 Å². The number of ether oxygens (including phenoxy) is 3. The number of nitrogens with zero attached hydrogens (tertiary/aromatic N) is 1. The fraction of sp³-hybridized carbons (Fsp3) is 0.435. The van der Waals surface area contributed by atoms with E-state index in [-0.39, 0.29) is 6.10 Å². The number of guanidine groups is 1. The van der Waals surface area contributed by atoms with E-state index < -0.39 is 0 Å². The lowest BCUT2D eigenvalue weighted by atomic mass is 10.1. The normalized spacial score (nSPS) is 16.8. The fourth-order valence-electron chi connectivity index (χ4n) is 3.10. The highest BCUT2D eigenvalue weighted by atomic mass is 16.5. The standard InChI is InChI=1S/C23H31N3O3/c1-16(2)29-21-8-6-20(7-9-21)26-23(24)25-13-19-5-4-17(3)12-22(19)28-15-18-10-11-27-14-18/h4-9,12,16,18H,10-11,13-15H2,1-3H3,(H3,24,25,26). The Morgan fingerprint density at radius 2 is 2.03 bits per heavy atom. The molecule has 0 radical (unpaired) electrons. The predicted octanol–water partition coefficient (Wildman–Crippen LogP) is 4.12. The molecule has 0 saturated carbocycles. The van der Waals surface area contributed by atoms with Crippen LogP contribution in [-0.2, 0) is 11.3 Å². The minimum Gasteiger partial charge on any atom is -0.493 e. The molecule has 3 rings (SSSR count). The average molecular weight is 398 g/mol. The Bertz CT molecular complexity index is 813. The molecule has 1 aliphatic heterocycles. The molecule has 0 spiro atoms. The first-order valence-electron chi connectivity index (χ1n) is 10.1. The Balaban J connectivity index is 1.59. The van der Waals surface area contributed by atoms with E-state index >= 15 is 0 Å². The second-order valence-corrected chi connectivity index (χ2v) is 7.67. The minimum atomic E-state index is 0.146. The van der Waals surface area contributed by atoms with Gasteiger partial charge in [0, 0.05) is 23.8 Å². The zero-order chi connectivity index (χ0) is 20.6. The molecule has 1 fully saturated rings. The van der Waals surface area contributed by atoms with Gasteiger partial charge in [-0.15, -0.1) is 0 Å². The van der Waals surface area contributed by atoms with Crippen molar-refractivity contribution in [3.8, 4) is 11.5 Å². The fourth-order valence-corrected chi connectivity index (χ4v) is 3.10. The first-order chi connectivity index (χ1) is 14.0. The molecule has 0 amide bonds. The molecule has 2 aromatic carbocycles. The van der Waals surface area contributed by atoms with Gasteiger partial charge in [0.25, 0.3) is 0 Å². The highest BCUT2D eigenvalue weighted by Crippen LogP contribution is 2.23. The third-order valence-corrected chi connectivity index (χ3v) is 4.64. The summed E-state index contributed by atoms with van der Waals surface area (Å²) in [6.45, 7) is 8.77. The Morgan fingerprint density at radius 3 is 2.72 bits per heavy atom. The molecular formula is C23H31N3O3. The van der Waals surface area contributed by atoms with Gasteiger partial charge in [-0.3, -0.25) is 0 Å². The van der Waals surface area contributed by atoms with Crippen LogP contribution in [0.25, 0.3) is 0 Å². The predicted molar refractivity (Wildman–Crippen MR) is 117 cm³/mol. The van der Waals surface area contributed by atoms with Gasteiger partial charge >= 0.3 is 0 Å². The van der Waals surface area contributed by atoms with Crippen molar-refractivity contribution >= 4 is 11.6 Å². The van der Waals surface area contributed by atoms with Crippen molar-refractivity contribution in [1.82, 2.24) is 0 Å². The lowest BCUT2D eigenvalue weighted by Gasteiger charge is -2.14. The second kappa shape index (κ2) is 10.2. The van der Waals surface area contributed by atoms with E-state index in [9.17, 15) is 0 Å². The zero-order valence-corrected chi connectivity index (χ0v) is 17.5. The summed E-state index contributed by atoms with van der Waals surface area (Å²) in [6.07, 6.45) is 1.20. The van der Waals surface area contributed by atoms with Crippen molar-refractivity contribution in [2.24, 2.45) is 16.6 Å². The van der Waals surface area contributed by atoms with Crippen LogP contribution >= 0.6 is 0 Å². The first-order valence-corrected chi connectivity index (χ1v) is 10.1. The van der Waals surface area contributed by atoms with E-state index in [1.165, 1.54) is 0 Å². The number of anilines is 1. The van der Waals surface area contributed by atoms with Gasteiger partial charge in [-0.25, -0.2) is 4.99 Å². The monoisotopic (exact) mass is 397 g/mol. The molecular weight excluding hydrogens is 366 g/mol. The van der Waals surface area contributed by atoms with Crippen LogP contribution in [0.15, 0.2) is 47.5 Å². The molecule has 1 aliphatic rings. The Labute approximate surface area is 173 Å². The molecule has 0 aromatic heterocycles. The Kier molecular flexibility index (Phi) is 7.36. The summed E-state index contributed by atoms with van der Waals surface area (Å²) in [6, 6.07) is 13.8. The SMILES string of the molecule is Cc1ccc(CN=C(N)Nc2ccc(OC(C)C)cc2)c(OCC2CCOC2)c1. The number of nitrogens with one attached hydrogen (secondary N) is 1. The van der Waals surface area contributed by atoms with Crippen LogP contribution in [0.1, 0.15) is 31.4 Å². The molecule has 3 N–H and O–H groups in total. The van der Waals surface area contributed by atoms with E-state index in [0.717, 1.165) is 47.9 Å². The molecule has 1 unspecified atom stereocenters. The summed E-state index contributed by atoms with van der Waals surface area (Å²) < 4.78 is 17.2. The van der Waals surface area contributed by atoms with Crippen molar-refractivity contribution < 1.29 is 14.2 Å². The summed E-state index contributed by atoms with van der Waals surface area (Å²) in [5.41, 5.74) is 9.11. The van der Waals surface area contributed by atoms with Crippen LogP contribution in [0.5, 0.6) is 11.5 Å². The molecule has 6 nitrogen and oxygen atoms in total. The number of nitrogens with two attached hydrogens (primary N) is 1. The van der Waals surface area contributed by atoms with Crippen LogP contribution in [0.4, 0.5) is 5.69 Å². The van der Waals surface area contributed by atoms with Crippen LogP contribution in [0.3, 0.4) is 0 Å². The smallest absolute Gasteiger partial charge is 0.193 e. The van der Waals surface area contributed by atoms with Gasteiger partial charge < -0.3 is 25.3 Å². The van der Waals surface area contributed by atoms with E-state index in [4.69, 9.17) is 19.9 Å². The number of benzene rings is 2. The van der Waals surface area contributed by atoms with E-state index in [2.05, 4.69) is 29.4 Å². The third kappa shape index (κ3) is 6.68. The molecule has 156 valence electrons. The van der Waals surface area contributed by atoms with Crippen molar-refractivity contribution in [3.05, 3.63) is 53.6 Å². The highest BCUT2D eigenvalue weighted by Gasteiger charge is 2.17. The van der Waals surface area contributed by atoms with Crippen molar-refractivity contribution in [3.63, 3.8) is 0 Å². The second-order valence-electron chi connectivity index (χ2n) is 7.67. The van der Waals surface area contributed by atoms with Crippen LogP contribution in [-0.4, -0.2) is 31.9 Å². The number of aryl methyl sites for hydroxylation is 1. The van der Waals surface area contributed by atoms with Crippen molar-refractivity contribution in [2.75, 3.05) is 25.1 Å². The largest absolute Gasteiger partial charge is 0.493 e. The summed E-state index contributed by atoms with van der Waals surface area (Å²) in [7, 11) is 0. The number of rotatable bonds is 8. The maximum absolute atomic E-state index is 6.08. The minimum absolute atomic E-state index is 0.146. The van der Waals surface area contributed by atoms with Crippen LogP contribution in [0, 0.1) is 12.8 Å².